The van der Waals surface area contributed by atoms with E-state index in [1.807, 2.05) is 32.0 Å². The van der Waals surface area contributed by atoms with Crippen molar-refractivity contribution in [3.63, 3.8) is 0 Å². The number of carbonyl (C=O) groups is 2. The summed E-state index contributed by atoms with van der Waals surface area (Å²) in [5.41, 5.74) is 5.50. The van der Waals surface area contributed by atoms with Gasteiger partial charge in [-0.25, -0.2) is 14.6 Å². The van der Waals surface area contributed by atoms with Crippen molar-refractivity contribution in [1.29, 1.82) is 0 Å². The lowest BCUT2D eigenvalue weighted by Crippen LogP contribution is -2.29. The van der Waals surface area contributed by atoms with E-state index < -0.39 is 5.91 Å². The number of hydrogen-bond acceptors (Lipinski definition) is 5. The Morgan fingerprint density at radius 2 is 1.58 bits per heavy atom. The number of pyridine rings is 1. The van der Waals surface area contributed by atoms with Crippen molar-refractivity contribution < 1.29 is 14.3 Å². The number of anilines is 1. The van der Waals surface area contributed by atoms with Crippen LogP contribution < -0.4 is 9.64 Å². The summed E-state index contributed by atoms with van der Waals surface area (Å²) in [4.78, 5) is 32.2. The Bertz CT molecular complexity index is 1390. The van der Waals surface area contributed by atoms with Gasteiger partial charge in [-0.15, -0.1) is 0 Å². The molecule has 1 aliphatic rings. The average molecular weight is 412 g/mol. The summed E-state index contributed by atoms with van der Waals surface area (Å²) in [5.74, 6) is -0.117. The van der Waals surface area contributed by atoms with Gasteiger partial charge >= 0.3 is 0 Å². The molecule has 0 bridgehead atoms. The molecule has 154 valence electrons. The zero-order valence-corrected chi connectivity index (χ0v) is 17.6. The fourth-order valence-electron chi connectivity index (χ4n) is 3.96. The zero-order chi connectivity index (χ0) is 21.9. The summed E-state index contributed by atoms with van der Waals surface area (Å²) in [7, 11) is 1.56. The molecule has 0 saturated heterocycles. The highest BCUT2D eigenvalue weighted by Gasteiger charge is 2.40. The number of fused-ring (bicyclic) bond motifs is 3. The number of hydrogen-bond donors (Lipinski definition) is 0. The van der Waals surface area contributed by atoms with Crippen LogP contribution >= 0.6 is 0 Å². The molecular formula is C24H20N4O3. The van der Waals surface area contributed by atoms with Gasteiger partial charge < -0.3 is 4.74 Å². The minimum absolute atomic E-state index is 0.288. The second kappa shape index (κ2) is 6.77. The lowest BCUT2D eigenvalue weighted by atomic mass is 10.1. The number of aryl methyl sites for hydroxylation is 3. The van der Waals surface area contributed by atoms with Gasteiger partial charge in [0.2, 0.25) is 0 Å². The topological polar surface area (TPSA) is 77.3 Å². The molecule has 0 N–H and O–H groups in total. The van der Waals surface area contributed by atoms with E-state index in [9.17, 15) is 9.59 Å². The highest BCUT2D eigenvalue weighted by atomic mass is 16.5. The number of amides is 2. The largest absolute Gasteiger partial charge is 0.497 e. The molecule has 0 spiro atoms. The summed E-state index contributed by atoms with van der Waals surface area (Å²) < 4.78 is 6.90. The van der Waals surface area contributed by atoms with Crippen molar-refractivity contribution in [1.82, 2.24) is 14.8 Å². The molecule has 7 heteroatoms. The maximum absolute atomic E-state index is 13.4. The van der Waals surface area contributed by atoms with Crippen LogP contribution in [0.4, 0.5) is 5.69 Å². The van der Waals surface area contributed by atoms with Crippen LogP contribution in [0.2, 0.25) is 0 Å². The van der Waals surface area contributed by atoms with Crippen molar-refractivity contribution in [2.24, 2.45) is 0 Å². The van der Waals surface area contributed by atoms with E-state index in [0.717, 1.165) is 11.3 Å². The molecular weight excluding hydrogens is 392 g/mol. The van der Waals surface area contributed by atoms with Gasteiger partial charge in [0.25, 0.3) is 11.8 Å². The third-order valence-electron chi connectivity index (χ3n) is 5.79. The smallest absolute Gasteiger partial charge is 0.267 e. The molecule has 0 atom stereocenters. The van der Waals surface area contributed by atoms with Gasteiger partial charge in [-0.3, -0.25) is 9.59 Å². The first-order valence-electron chi connectivity index (χ1n) is 9.89. The highest BCUT2D eigenvalue weighted by Crippen LogP contribution is 2.35. The number of nitrogens with zero attached hydrogens (tertiary/aromatic N) is 4. The summed E-state index contributed by atoms with van der Waals surface area (Å²) in [6.07, 6.45) is 1.47. The molecule has 5 rings (SSSR count). The van der Waals surface area contributed by atoms with Crippen LogP contribution in [0, 0.1) is 20.8 Å². The van der Waals surface area contributed by atoms with E-state index in [4.69, 9.17) is 4.74 Å². The van der Waals surface area contributed by atoms with Crippen molar-refractivity contribution in [2.45, 2.75) is 20.8 Å². The van der Waals surface area contributed by atoms with Crippen molar-refractivity contribution in [3.8, 4) is 11.4 Å². The monoisotopic (exact) mass is 412 g/mol. The van der Waals surface area contributed by atoms with Gasteiger partial charge in [0.05, 0.1) is 40.7 Å². The maximum atomic E-state index is 13.4. The Morgan fingerprint density at radius 3 is 2.26 bits per heavy atom. The predicted octanol–water partition coefficient (Wildman–Crippen LogP) is 4.15. The van der Waals surface area contributed by atoms with Crippen molar-refractivity contribution in [2.75, 3.05) is 12.0 Å². The number of rotatable bonds is 3. The van der Waals surface area contributed by atoms with E-state index >= 15 is 0 Å². The summed E-state index contributed by atoms with van der Waals surface area (Å²) in [6.45, 7) is 5.92. The van der Waals surface area contributed by atoms with Gasteiger partial charge in [-0.05, 0) is 68.3 Å². The standard InChI is InChI=1S/C24H20N4O3/c1-13-5-6-17(11-14(13)2)28-22-20(15(3)26-28)21-19(12-25-22)23(29)27(24(21)30)16-7-9-18(31-4)10-8-16/h5-12H,1-4H3. The van der Waals surface area contributed by atoms with Crippen molar-refractivity contribution >= 4 is 28.5 Å². The van der Waals surface area contributed by atoms with Crippen LogP contribution in [0.15, 0.2) is 48.7 Å². The molecule has 0 fully saturated rings. The molecule has 3 heterocycles. The van der Waals surface area contributed by atoms with Gasteiger partial charge in [0.15, 0.2) is 5.65 Å². The first kappa shape index (κ1) is 19.0. The minimum Gasteiger partial charge on any atom is -0.497 e. The van der Waals surface area contributed by atoms with Crippen LogP contribution in [-0.2, 0) is 0 Å². The van der Waals surface area contributed by atoms with Gasteiger partial charge in [-0.2, -0.15) is 5.10 Å². The fourth-order valence-corrected chi connectivity index (χ4v) is 3.96. The Hall–Kier alpha value is -4.00. The molecule has 0 radical (unpaired) electrons. The number of aromatic nitrogens is 3. The first-order chi connectivity index (χ1) is 14.9. The Balaban J connectivity index is 1.67. The normalized spacial score (nSPS) is 13.2. The quantitative estimate of drug-likeness (QED) is 0.472. The number of methoxy groups -OCH3 is 1. The summed E-state index contributed by atoms with van der Waals surface area (Å²) in [6, 6.07) is 12.9. The second-order valence-electron chi connectivity index (χ2n) is 7.65. The van der Waals surface area contributed by atoms with Crippen LogP contribution in [0.25, 0.3) is 16.7 Å². The molecule has 2 aromatic heterocycles. The molecule has 0 aliphatic carbocycles. The van der Waals surface area contributed by atoms with E-state index in [2.05, 4.69) is 17.0 Å². The van der Waals surface area contributed by atoms with Crippen molar-refractivity contribution in [3.05, 3.63) is 76.6 Å². The third-order valence-corrected chi connectivity index (χ3v) is 5.79. The highest BCUT2D eigenvalue weighted by molar-refractivity contribution is 6.37. The fraction of sp³-hybridized carbons (Fsp3) is 0.167. The Kier molecular flexibility index (Phi) is 4.15. The molecule has 0 saturated carbocycles. The first-order valence-corrected chi connectivity index (χ1v) is 9.89. The molecule has 7 nitrogen and oxygen atoms in total. The van der Waals surface area contributed by atoms with Gasteiger partial charge in [0, 0.05) is 6.20 Å². The number of benzene rings is 2. The van der Waals surface area contributed by atoms with E-state index in [-0.39, 0.29) is 11.5 Å². The molecule has 4 aromatic rings. The van der Waals surface area contributed by atoms with Crippen LogP contribution in [0.5, 0.6) is 5.75 Å². The van der Waals surface area contributed by atoms with E-state index in [1.54, 1.807) is 36.1 Å². The van der Waals surface area contributed by atoms with Crippen LogP contribution in [-0.4, -0.2) is 33.7 Å². The Morgan fingerprint density at radius 1 is 0.871 bits per heavy atom. The van der Waals surface area contributed by atoms with E-state index in [0.29, 0.717) is 33.7 Å². The minimum atomic E-state index is -0.391. The maximum Gasteiger partial charge on any atom is 0.267 e. The molecule has 2 amide bonds. The van der Waals surface area contributed by atoms with Crippen LogP contribution in [0.1, 0.15) is 37.5 Å². The number of ether oxygens (including phenoxy) is 1. The number of carbonyl (C=O) groups excluding carboxylic acids is 2. The van der Waals surface area contributed by atoms with Gasteiger partial charge in [0.1, 0.15) is 5.75 Å². The summed E-state index contributed by atoms with van der Waals surface area (Å²) in [5, 5.41) is 5.25. The Labute approximate surface area is 178 Å². The predicted molar refractivity (Wildman–Crippen MR) is 117 cm³/mol. The summed E-state index contributed by atoms with van der Waals surface area (Å²) >= 11 is 0. The average Bonchev–Trinajstić information content (AvgIpc) is 3.24. The lowest BCUT2D eigenvalue weighted by Gasteiger charge is -2.14. The van der Waals surface area contributed by atoms with Gasteiger partial charge in [-0.1, -0.05) is 6.07 Å². The number of imide groups is 1. The van der Waals surface area contributed by atoms with Crippen LogP contribution in [0.3, 0.4) is 0 Å². The molecule has 2 aromatic carbocycles. The molecule has 0 unspecified atom stereocenters. The molecule has 31 heavy (non-hydrogen) atoms. The third kappa shape index (κ3) is 2.73. The second-order valence-corrected chi connectivity index (χ2v) is 7.65. The zero-order valence-electron chi connectivity index (χ0n) is 17.6. The molecule has 1 aliphatic heterocycles. The van der Waals surface area contributed by atoms with E-state index in [1.165, 1.54) is 16.7 Å². The SMILES string of the molecule is COc1ccc(N2C(=O)c3cnc4c(c(C)nn4-c4ccc(C)c(C)c4)c3C2=O)cc1. The lowest BCUT2D eigenvalue weighted by molar-refractivity contribution is 0.0926.